The molecule has 0 radical (unpaired) electrons. The molecule has 3 aromatic rings. The Morgan fingerprint density at radius 1 is 1.15 bits per heavy atom. The first-order chi connectivity index (χ1) is 18.5. The molecule has 3 atom stereocenters. The van der Waals surface area contributed by atoms with Crippen LogP contribution in [0.25, 0.3) is 16.7 Å². The number of carbonyl (C=O) groups excluding carboxylic acids is 1. The van der Waals surface area contributed by atoms with Crippen molar-refractivity contribution in [1.29, 1.82) is 0 Å². The van der Waals surface area contributed by atoms with E-state index in [9.17, 15) is 9.90 Å². The number of aliphatic hydroxyl groups excluding tert-OH is 1. The molecule has 10 nitrogen and oxygen atoms in total. The van der Waals surface area contributed by atoms with Gasteiger partial charge in [-0.05, 0) is 64.3 Å². The van der Waals surface area contributed by atoms with E-state index in [0.29, 0.717) is 44.3 Å². The van der Waals surface area contributed by atoms with Gasteiger partial charge in [-0.25, -0.2) is 23.8 Å². The van der Waals surface area contributed by atoms with Crippen LogP contribution in [0.4, 0.5) is 15.0 Å². The van der Waals surface area contributed by atoms with Crippen LogP contribution in [-0.2, 0) is 9.47 Å². The number of piperidine rings is 1. The maximum Gasteiger partial charge on any atom is 0.410 e. The molecule has 0 spiro atoms. The molecule has 11 heteroatoms. The van der Waals surface area contributed by atoms with E-state index >= 15 is 4.39 Å². The third-order valence-corrected chi connectivity index (χ3v) is 7.24. The van der Waals surface area contributed by atoms with Gasteiger partial charge in [0.1, 0.15) is 23.4 Å². The molecule has 1 amide bonds. The molecule has 0 aliphatic carbocycles. The van der Waals surface area contributed by atoms with Crippen LogP contribution in [-0.4, -0.2) is 93.1 Å². The number of ether oxygens (including phenoxy) is 2. The predicted molar refractivity (Wildman–Crippen MR) is 145 cm³/mol. The first-order valence-electron chi connectivity index (χ1n) is 13.5. The molecule has 0 saturated carbocycles. The second-order valence-corrected chi connectivity index (χ2v) is 11.4. The number of aliphatic hydroxyl groups is 1. The number of aromatic nitrogens is 4. The molecule has 210 valence electrons. The van der Waals surface area contributed by atoms with Gasteiger partial charge in [0, 0.05) is 37.0 Å². The number of hydrogen-bond acceptors (Lipinski definition) is 8. The van der Waals surface area contributed by atoms with Gasteiger partial charge >= 0.3 is 6.09 Å². The molecular formula is C28H37FN6O4. The van der Waals surface area contributed by atoms with E-state index < -0.39 is 17.9 Å². The summed E-state index contributed by atoms with van der Waals surface area (Å²) in [6, 6.07) is 5.92. The summed E-state index contributed by atoms with van der Waals surface area (Å²) in [4.78, 5) is 25.3. The van der Waals surface area contributed by atoms with Crippen LogP contribution in [0, 0.1) is 13.8 Å². The van der Waals surface area contributed by atoms with Crippen molar-refractivity contribution in [3.8, 4) is 5.82 Å². The zero-order valence-corrected chi connectivity index (χ0v) is 23.2. The lowest BCUT2D eigenvalue weighted by Gasteiger charge is -2.36. The van der Waals surface area contributed by atoms with Crippen LogP contribution < -0.4 is 4.90 Å². The zero-order chi connectivity index (χ0) is 27.9. The quantitative estimate of drug-likeness (QED) is 0.534. The van der Waals surface area contributed by atoms with Crippen molar-refractivity contribution in [3.05, 3.63) is 41.3 Å². The zero-order valence-electron chi connectivity index (χ0n) is 23.2. The third kappa shape index (κ3) is 5.84. The molecule has 2 aromatic heterocycles. The van der Waals surface area contributed by atoms with Crippen molar-refractivity contribution >= 4 is 22.8 Å². The lowest BCUT2D eigenvalue weighted by molar-refractivity contribution is 0.00335. The van der Waals surface area contributed by atoms with E-state index in [1.165, 1.54) is 4.90 Å². The molecule has 2 aliphatic heterocycles. The number of aryl methyl sites for hydroxylation is 2. The number of rotatable bonds is 4. The molecule has 0 unspecified atom stereocenters. The van der Waals surface area contributed by atoms with Crippen LogP contribution in [0.15, 0.2) is 24.4 Å². The Bertz CT molecular complexity index is 1360. The summed E-state index contributed by atoms with van der Waals surface area (Å²) < 4.78 is 28.4. The van der Waals surface area contributed by atoms with Crippen molar-refractivity contribution in [2.24, 2.45) is 0 Å². The largest absolute Gasteiger partial charge is 0.444 e. The number of amides is 1. The normalized spacial score (nSPS) is 22.4. The highest BCUT2D eigenvalue weighted by Gasteiger charge is 2.35. The Balaban J connectivity index is 1.43. The van der Waals surface area contributed by atoms with Crippen molar-refractivity contribution < 1.29 is 23.8 Å². The fourth-order valence-corrected chi connectivity index (χ4v) is 5.38. The van der Waals surface area contributed by atoms with E-state index in [-0.39, 0.29) is 25.2 Å². The van der Waals surface area contributed by atoms with Crippen molar-refractivity contribution in [1.82, 2.24) is 24.6 Å². The summed E-state index contributed by atoms with van der Waals surface area (Å²) in [6.45, 7) is 11.3. The van der Waals surface area contributed by atoms with Gasteiger partial charge in [-0.1, -0.05) is 0 Å². The molecule has 1 N–H and O–H groups in total. The van der Waals surface area contributed by atoms with E-state index in [0.717, 1.165) is 27.8 Å². The average molecular weight is 541 g/mol. The molecule has 39 heavy (non-hydrogen) atoms. The fourth-order valence-electron chi connectivity index (χ4n) is 5.38. The van der Waals surface area contributed by atoms with Gasteiger partial charge in [0.25, 0.3) is 0 Å². The molecular weight excluding hydrogens is 503 g/mol. The van der Waals surface area contributed by atoms with Crippen molar-refractivity contribution in [2.75, 3.05) is 44.3 Å². The molecule has 5 rings (SSSR count). The smallest absolute Gasteiger partial charge is 0.410 e. The van der Waals surface area contributed by atoms with Gasteiger partial charge < -0.3 is 24.4 Å². The number of hydrogen-bond donors (Lipinski definition) is 1. The van der Waals surface area contributed by atoms with Crippen LogP contribution in [0.3, 0.4) is 0 Å². The topological polar surface area (TPSA) is 106 Å². The maximum atomic E-state index is 15.6. The molecule has 2 fully saturated rings. The lowest BCUT2D eigenvalue weighted by atomic mass is 9.85. The lowest BCUT2D eigenvalue weighted by Crippen LogP contribution is -2.46. The SMILES string of the molecule is Cc1nc(N2CCO[C@H](CO)C2)cc(-n2ncc3cc(C)c([C@@H]4CCN(C(=O)OC(C)(C)C)C[C@@H]4F)cc32)n1. The van der Waals surface area contributed by atoms with Gasteiger partial charge in [-0.3, -0.25) is 0 Å². The highest BCUT2D eigenvalue weighted by atomic mass is 19.1. The molecule has 1 aromatic carbocycles. The monoisotopic (exact) mass is 540 g/mol. The van der Waals surface area contributed by atoms with Crippen LogP contribution >= 0.6 is 0 Å². The minimum absolute atomic E-state index is 0.000826. The number of halogens is 1. The number of likely N-dealkylation sites (tertiary alicyclic amines) is 1. The first-order valence-corrected chi connectivity index (χ1v) is 13.5. The second-order valence-electron chi connectivity index (χ2n) is 11.4. The average Bonchev–Trinajstić information content (AvgIpc) is 3.29. The van der Waals surface area contributed by atoms with E-state index in [2.05, 4.69) is 20.0 Å². The van der Waals surface area contributed by atoms with Gasteiger partial charge in [0.15, 0.2) is 5.82 Å². The van der Waals surface area contributed by atoms with E-state index in [1.807, 2.05) is 32.0 Å². The first kappa shape index (κ1) is 27.3. The van der Waals surface area contributed by atoms with Gasteiger partial charge in [0.05, 0.1) is 37.6 Å². The second kappa shape index (κ2) is 10.7. The number of fused-ring (bicyclic) bond motifs is 1. The number of nitrogens with zero attached hydrogens (tertiary/aromatic N) is 6. The third-order valence-electron chi connectivity index (χ3n) is 7.24. The van der Waals surface area contributed by atoms with E-state index in [4.69, 9.17) is 9.47 Å². The summed E-state index contributed by atoms with van der Waals surface area (Å²) >= 11 is 0. The summed E-state index contributed by atoms with van der Waals surface area (Å²) in [6.07, 6.45) is 0.337. The van der Waals surface area contributed by atoms with Crippen molar-refractivity contribution in [3.63, 3.8) is 0 Å². The summed E-state index contributed by atoms with van der Waals surface area (Å²) in [5, 5.41) is 15.1. The number of carbonyl (C=O) groups is 1. The Morgan fingerprint density at radius 3 is 2.64 bits per heavy atom. The van der Waals surface area contributed by atoms with Gasteiger partial charge in [-0.15, -0.1) is 0 Å². The van der Waals surface area contributed by atoms with Crippen LogP contribution in [0.1, 0.15) is 50.1 Å². The Hall–Kier alpha value is -3.31. The molecule has 0 bridgehead atoms. The maximum absolute atomic E-state index is 15.6. The van der Waals surface area contributed by atoms with Gasteiger partial charge in [0.2, 0.25) is 0 Å². The molecule has 2 aliphatic rings. The minimum atomic E-state index is -1.22. The molecule has 2 saturated heterocycles. The summed E-state index contributed by atoms with van der Waals surface area (Å²) in [5.41, 5.74) is 2.10. The number of alkyl halides is 1. The van der Waals surface area contributed by atoms with Crippen LogP contribution in [0.2, 0.25) is 0 Å². The van der Waals surface area contributed by atoms with Crippen molar-refractivity contribution in [2.45, 2.75) is 64.8 Å². The highest BCUT2D eigenvalue weighted by molar-refractivity contribution is 5.82. The number of morpholine rings is 1. The Morgan fingerprint density at radius 2 is 1.92 bits per heavy atom. The number of benzene rings is 1. The standard InChI is InChI=1S/C28H37FN6O4/c1-17-10-19-13-30-35(26-12-25(31-18(2)32-26)33-8-9-38-20(14-33)16-36)24(19)11-22(17)21-6-7-34(15-23(21)29)27(37)39-28(3,4)5/h10-13,20-21,23,36H,6-9,14-16H2,1-5H3/t20-,21-,23-/m0/s1. The summed E-state index contributed by atoms with van der Waals surface area (Å²) in [7, 11) is 0. The number of anilines is 1. The summed E-state index contributed by atoms with van der Waals surface area (Å²) in [5.74, 6) is 1.62. The van der Waals surface area contributed by atoms with E-state index in [1.54, 1.807) is 31.6 Å². The highest BCUT2D eigenvalue weighted by Crippen LogP contribution is 2.35. The molecule has 4 heterocycles. The van der Waals surface area contributed by atoms with Crippen LogP contribution in [0.5, 0.6) is 0 Å². The Labute approximate surface area is 227 Å². The fraction of sp³-hybridized carbons (Fsp3) is 0.571. The van der Waals surface area contributed by atoms with Gasteiger partial charge in [-0.2, -0.15) is 5.10 Å². The predicted octanol–water partition coefficient (Wildman–Crippen LogP) is 3.69. The minimum Gasteiger partial charge on any atom is -0.444 e. The Kier molecular flexibility index (Phi) is 7.47.